The molecule has 2 aliphatic heterocycles. The number of aromatic nitrogens is 2. The number of pyridine rings is 2. The minimum atomic E-state index is -4.58. The average Bonchev–Trinajstić information content (AvgIpc) is 3.17. The number of anilines is 3. The lowest BCUT2D eigenvalue weighted by atomic mass is 10.1. The van der Waals surface area contributed by atoms with Crippen LogP contribution >= 0.6 is 0 Å². The third-order valence-corrected chi connectivity index (χ3v) is 5.40. The van der Waals surface area contributed by atoms with Crippen molar-refractivity contribution in [3.8, 4) is 12.3 Å². The molecule has 1 saturated heterocycles. The molecular formula is C21H19F3N6O2. The maximum Gasteiger partial charge on any atom is 0.408 e. The van der Waals surface area contributed by atoms with E-state index in [-0.39, 0.29) is 23.4 Å². The Bertz CT molecular complexity index is 1110. The number of rotatable bonds is 3. The first-order chi connectivity index (χ1) is 15.2. The molecule has 11 heteroatoms. The minimum Gasteiger partial charge on any atom is -0.366 e. The number of amides is 3. The van der Waals surface area contributed by atoms with Crippen LogP contribution < -0.4 is 20.4 Å². The number of urea groups is 1. The van der Waals surface area contributed by atoms with Gasteiger partial charge in [-0.15, -0.1) is 6.42 Å². The normalized spacial score (nSPS) is 17.9. The molecule has 2 bridgehead atoms. The number of nitrogens with one attached hydrogen (secondary N) is 2. The number of fused-ring (bicyclic) bond motifs is 4. The molecule has 32 heavy (non-hydrogen) atoms. The van der Waals surface area contributed by atoms with E-state index < -0.39 is 24.2 Å². The summed E-state index contributed by atoms with van der Waals surface area (Å²) in [6.07, 6.45) is 2.95. The molecule has 1 fully saturated rings. The maximum atomic E-state index is 13.1. The lowest BCUT2D eigenvalue weighted by Crippen LogP contribution is -2.49. The van der Waals surface area contributed by atoms with E-state index in [0.717, 1.165) is 6.92 Å². The molecule has 0 spiro atoms. The summed E-state index contributed by atoms with van der Waals surface area (Å²) < 4.78 is 38.5. The van der Waals surface area contributed by atoms with Gasteiger partial charge in [0.25, 0.3) is 5.91 Å². The number of hydrogen-bond acceptors (Lipinski definition) is 5. The van der Waals surface area contributed by atoms with Crippen LogP contribution in [0, 0.1) is 12.3 Å². The number of carbonyl (C=O) groups excluding carboxylic acids is 2. The van der Waals surface area contributed by atoms with Gasteiger partial charge in [-0.1, -0.05) is 5.92 Å². The van der Waals surface area contributed by atoms with Crippen molar-refractivity contribution in [3.05, 3.63) is 41.7 Å². The summed E-state index contributed by atoms with van der Waals surface area (Å²) in [6.45, 7) is 2.11. The van der Waals surface area contributed by atoms with Crippen LogP contribution in [-0.2, 0) is 0 Å². The molecule has 2 N–H and O–H groups in total. The van der Waals surface area contributed by atoms with Crippen LogP contribution in [0.5, 0.6) is 0 Å². The van der Waals surface area contributed by atoms with E-state index >= 15 is 0 Å². The van der Waals surface area contributed by atoms with Crippen molar-refractivity contribution in [1.82, 2.24) is 15.3 Å². The van der Waals surface area contributed by atoms with Crippen LogP contribution in [0.1, 0.15) is 29.4 Å². The Morgan fingerprint density at radius 3 is 2.81 bits per heavy atom. The van der Waals surface area contributed by atoms with E-state index in [9.17, 15) is 22.8 Å². The van der Waals surface area contributed by atoms with Crippen molar-refractivity contribution in [2.45, 2.75) is 31.6 Å². The Kier molecular flexibility index (Phi) is 5.38. The van der Waals surface area contributed by atoms with Crippen molar-refractivity contribution in [2.75, 3.05) is 28.2 Å². The van der Waals surface area contributed by atoms with E-state index in [4.69, 9.17) is 6.42 Å². The molecule has 4 rings (SSSR count). The third kappa shape index (κ3) is 4.03. The summed E-state index contributed by atoms with van der Waals surface area (Å²) in [4.78, 5) is 37.3. The first-order valence-corrected chi connectivity index (χ1v) is 9.84. The van der Waals surface area contributed by atoms with Gasteiger partial charge in [0.2, 0.25) is 0 Å². The molecule has 0 unspecified atom stereocenters. The van der Waals surface area contributed by atoms with Gasteiger partial charge in [0, 0.05) is 24.8 Å². The Labute approximate surface area is 181 Å². The van der Waals surface area contributed by atoms with Gasteiger partial charge in [0.1, 0.15) is 17.6 Å². The largest absolute Gasteiger partial charge is 0.408 e. The van der Waals surface area contributed by atoms with E-state index in [1.807, 2.05) is 10.2 Å². The molecule has 4 heterocycles. The molecule has 166 valence electrons. The first-order valence-electron chi connectivity index (χ1n) is 9.84. The van der Waals surface area contributed by atoms with Crippen LogP contribution in [0.3, 0.4) is 0 Å². The van der Waals surface area contributed by atoms with Gasteiger partial charge < -0.3 is 10.2 Å². The van der Waals surface area contributed by atoms with Gasteiger partial charge in [-0.3, -0.25) is 15.0 Å². The van der Waals surface area contributed by atoms with E-state index in [1.165, 1.54) is 17.2 Å². The number of nitrogens with zero attached hydrogens (tertiary/aromatic N) is 4. The van der Waals surface area contributed by atoms with E-state index in [2.05, 4.69) is 21.2 Å². The summed E-state index contributed by atoms with van der Waals surface area (Å²) in [7, 11) is 0. The standard InChI is InChI=1S/C21H19F3N6O2/c1-3-13-6-8-25-17(10-13)28-20(32)30-14-7-9-29(11-14)16-5-4-15(27-18(16)30)19(31)26-12(2)21(22,23)24/h1,4-6,8,10,12,14H,7,9,11H2,2H3,(H,26,31)(H,25,28,32)/t12-,14+/m1/s1. The third-order valence-electron chi connectivity index (χ3n) is 5.40. The van der Waals surface area contributed by atoms with Crippen LogP contribution in [-0.4, -0.2) is 53.3 Å². The fourth-order valence-electron chi connectivity index (χ4n) is 3.71. The number of halogens is 3. The molecule has 3 amide bonds. The first kappa shape index (κ1) is 21.4. The Hall–Kier alpha value is -3.81. The highest BCUT2D eigenvalue weighted by molar-refractivity contribution is 6.05. The van der Waals surface area contributed by atoms with Gasteiger partial charge in [-0.2, -0.15) is 13.2 Å². The number of terminal acetylenes is 1. The van der Waals surface area contributed by atoms with Crippen molar-refractivity contribution in [3.63, 3.8) is 0 Å². The fourth-order valence-corrected chi connectivity index (χ4v) is 3.71. The van der Waals surface area contributed by atoms with E-state index in [0.29, 0.717) is 30.8 Å². The summed E-state index contributed by atoms with van der Waals surface area (Å²) in [5, 5.41) is 4.57. The second kappa shape index (κ2) is 8.03. The molecule has 0 aromatic carbocycles. The lowest BCUT2D eigenvalue weighted by molar-refractivity contribution is -0.149. The van der Waals surface area contributed by atoms with Gasteiger partial charge >= 0.3 is 12.2 Å². The average molecular weight is 444 g/mol. The van der Waals surface area contributed by atoms with Crippen LogP contribution in [0.25, 0.3) is 0 Å². The van der Waals surface area contributed by atoms with Crippen LogP contribution in [0.4, 0.5) is 35.3 Å². The predicted octanol–water partition coefficient (Wildman–Crippen LogP) is 2.77. The minimum absolute atomic E-state index is 0.205. The Morgan fingerprint density at radius 2 is 2.09 bits per heavy atom. The lowest BCUT2D eigenvalue weighted by Gasteiger charge is -2.35. The smallest absolute Gasteiger partial charge is 0.366 e. The number of hydrogen-bond donors (Lipinski definition) is 2. The van der Waals surface area contributed by atoms with Gasteiger partial charge in [-0.05, 0) is 37.6 Å². The molecule has 8 nitrogen and oxygen atoms in total. The molecule has 2 aliphatic rings. The zero-order valence-electron chi connectivity index (χ0n) is 17.0. The molecule has 2 aromatic heterocycles. The van der Waals surface area contributed by atoms with Crippen molar-refractivity contribution in [2.24, 2.45) is 0 Å². The van der Waals surface area contributed by atoms with Crippen molar-refractivity contribution in [1.29, 1.82) is 0 Å². The topological polar surface area (TPSA) is 90.5 Å². The summed E-state index contributed by atoms with van der Waals surface area (Å²) in [5.41, 5.74) is 0.949. The van der Waals surface area contributed by atoms with Crippen molar-refractivity contribution < 1.29 is 22.8 Å². The monoisotopic (exact) mass is 444 g/mol. The fraction of sp³-hybridized carbons (Fsp3) is 0.333. The van der Waals surface area contributed by atoms with Gasteiger partial charge in [0.05, 0.1) is 11.7 Å². The molecule has 0 saturated carbocycles. The number of carbonyl (C=O) groups is 2. The predicted molar refractivity (Wildman–Crippen MR) is 112 cm³/mol. The van der Waals surface area contributed by atoms with Crippen LogP contribution in [0.15, 0.2) is 30.5 Å². The van der Waals surface area contributed by atoms with Crippen molar-refractivity contribution >= 4 is 29.3 Å². The zero-order valence-corrected chi connectivity index (χ0v) is 17.0. The second-order valence-corrected chi connectivity index (χ2v) is 7.54. The molecule has 0 aliphatic carbocycles. The molecule has 2 atom stereocenters. The molecule has 2 aromatic rings. The van der Waals surface area contributed by atoms with Gasteiger partial charge in [0.15, 0.2) is 5.82 Å². The quantitative estimate of drug-likeness (QED) is 0.711. The maximum absolute atomic E-state index is 13.1. The number of alkyl halides is 3. The van der Waals surface area contributed by atoms with Crippen LogP contribution in [0.2, 0.25) is 0 Å². The Balaban J connectivity index is 1.63. The molecular weight excluding hydrogens is 425 g/mol. The second-order valence-electron chi connectivity index (χ2n) is 7.54. The SMILES string of the molecule is C#Cc1ccnc(NC(=O)N2c3nc(C(=O)N[C@H](C)C(F)(F)F)ccc3N3CC[C@H]2C3)c1. The Morgan fingerprint density at radius 1 is 1.31 bits per heavy atom. The highest BCUT2D eigenvalue weighted by atomic mass is 19.4. The highest BCUT2D eigenvalue weighted by Crippen LogP contribution is 2.39. The highest BCUT2D eigenvalue weighted by Gasteiger charge is 2.41. The zero-order chi connectivity index (χ0) is 23.0. The summed E-state index contributed by atoms with van der Waals surface area (Å²) >= 11 is 0. The van der Waals surface area contributed by atoms with Gasteiger partial charge in [-0.25, -0.2) is 14.8 Å². The summed E-state index contributed by atoms with van der Waals surface area (Å²) in [5.74, 6) is 1.94. The van der Waals surface area contributed by atoms with E-state index in [1.54, 1.807) is 18.2 Å². The summed E-state index contributed by atoms with van der Waals surface area (Å²) in [6, 6.07) is 3.33. The molecule has 0 radical (unpaired) electrons.